The molecule has 3 rings (SSSR count). The minimum atomic E-state index is -4.29. The average Bonchev–Trinajstić information content (AvgIpc) is 3.22. The van der Waals surface area contributed by atoms with Crippen molar-refractivity contribution in [1.82, 2.24) is 4.72 Å². The molecule has 0 saturated heterocycles. The van der Waals surface area contributed by atoms with Gasteiger partial charge in [0.15, 0.2) is 0 Å². The van der Waals surface area contributed by atoms with Crippen LogP contribution in [-0.4, -0.2) is 21.8 Å². The molecule has 0 saturated carbocycles. The molecule has 1 aromatic heterocycles. The topological polar surface area (TPSA) is 149 Å². The number of nitrogens with one attached hydrogen (secondary N) is 2. The number of nitro benzene ring substituents is 1. The number of anilines is 1. The van der Waals surface area contributed by atoms with Gasteiger partial charge in [-0.05, 0) is 43.3 Å². The Kier molecular flexibility index (Phi) is 6.36. The molecule has 0 fully saturated rings. The fourth-order valence-electron chi connectivity index (χ4n) is 2.59. The van der Waals surface area contributed by atoms with Crippen molar-refractivity contribution < 1.29 is 26.2 Å². The highest BCUT2D eigenvalue weighted by atomic mass is 35.5. The Bertz CT molecular complexity index is 1340. The lowest BCUT2D eigenvalue weighted by atomic mass is 10.2. The van der Waals surface area contributed by atoms with E-state index < -0.39 is 35.6 Å². The molecule has 10 nitrogen and oxygen atoms in total. The lowest BCUT2D eigenvalue weighted by molar-refractivity contribution is -0.385. The molecule has 0 spiro atoms. The van der Waals surface area contributed by atoms with Gasteiger partial charge in [-0.3, -0.25) is 14.8 Å². The van der Waals surface area contributed by atoms with Gasteiger partial charge in [-0.15, -0.1) is 0 Å². The second-order valence-electron chi connectivity index (χ2n) is 6.34. The zero-order valence-corrected chi connectivity index (χ0v) is 18.3. The molecule has 2 N–H and O–H groups in total. The smallest absolute Gasteiger partial charge is 0.275 e. The molecule has 0 radical (unpaired) electrons. The van der Waals surface area contributed by atoms with Crippen LogP contribution in [0.25, 0.3) is 0 Å². The third-order valence-corrected chi connectivity index (χ3v) is 7.36. The van der Waals surface area contributed by atoms with Crippen molar-refractivity contribution in [1.29, 1.82) is 0 Å². The first-order chi connectivity index (χ1) is 14.5. The summed E-state index contributed by atoms with van der Waals surface area (Å²) < 4.78 is 60.0. The molecule has 31 heavy (non-hydrogen) atoms. The predicted octanol–water partition coefficient (Wildman–Crippen LogP) is 3.43. The third-order valence-electron chi connectivity index (χ3n) is 4.21. The molecule has 0 aliphatic rings. The summed E-state index contributed by atoms with van der Waals surface area (Å²) in [5, 5.41) is 11.1. The second kappa shape index (κ2) is 8.67. The predicted molar refractivity (Wildman–Crippen MR) is 113 cm³/mol. The fraction of sp³-hybridized carbons (Fsp3) is 0.111. The van der Waals surface area contributed by atoms with Crippen LogP contribution in [0.15, 0.2) is 69.0 Å². The van der Waals surface area contributed by atoms with Gasteiger partial charge in [0.2, 0.25) is 10.0 Å². The van der Waals surface area contributed by atoms with Crippen LogP contribution in [0.1, 0.15) is 11.3 Å². The number of hydrogen-bond donors (Lipinski definition) is 2. The first-order valence-corrected chi connectivity index (χ1v) is 11.9. The zero-order chi connectivity index (χ0) is 22.8. The number of halogens is 1. The van der Waals surface area contributed by atoms with E-state index in [0.717, 1.165) is 18.2 Å². The van der Waals surface area contributed by atoms with E-state index in [2.05, 4.69) is 9.44 Å². The van der Waals surface area contributed by atoms with Gasteiger partial charge in [-0.25, -0.2) is 21.6 Å². The maximum absolute atomic E-state index is 12.7. The van der Waals surface area contributed by atoms with Gasteiger partial charge < -0.3 is 4.42 Å². The minimum absolute atomic E-state index is 0.0553. The van der Waals surface area contributed by atoms with Gasteiger partial charge in [-0.1, -0.05) is 17.7 Å². The number of rotatable bonds is 8. The Hall–Kier alpha value is -2.93. The van der Waals surface area contributed by atoms with Crippen molar-refractivity contribution >= 4 is 43.0 Å². The van der Waals surface area contributed by atoms with E-state index in [-0.39, 0.29) is 27.7 Å². The third kappa shape index (κ3) is 5.22. The molecule has 0 amide bonds. The summed E-state index contributed by atoms with van der Waals surface area (Å²) in [6.07, 6.45) is 1.40. The number of nitrogens with zero attached hydrogens (tertiary/aromatic N) is 1. The van der Waals surface area contributed by atoms with E-state index >= 15 is 0 Å². The molecule has 3 aromatic rings. The van der Waals surface area contributed by atoms with Gasteiger partial charge in [0, 0.05) is 11.6 Å². The number of benzene rings is 2. The van der Waals surface area contributed by atoms with Crippen LogP contribution >= 0.6 is 11.6 Å². The molecular weight excluding hydrogens is 470 g/mol. The summed E-state index contributed by atoms with van der Waals surface area (Å²) in [7, 11) is -8.25. The highest BCUT2D eigenvalue weighted by molar-refractivity contribution is 7.92. The van der Waals surface area contributed by atoms with Crippen LogP contribution in [0.3, 0.4) is 0 Å². The van der Waals surface area contributed by atoms with Crippen molar-refractivity contribution in [2.45, 2.75) is 23.3 Å². The van der Waals surface area contributed by atoms with E-state index in [9.17, 15) is 26.9 Å². The Morgan fingerprint density at radius 1 is 1.03 bits per heavy atom. The normalized spacial score (nSPS) is 11.9. The van der Waals surface area contributed by atoms with Crippen molar-refractivity contribution in [2.75, 3.05) is 4.72 Å². The standard InChI is InChI=1S/C18H16ClN3O7S2/c1-12-17(19)9-16(10-18(12)22(23)24)31(27,28)21-13-4-2-6-15(8-13)30(25,26)20-11-14-5-3-7-29-14/h2-10,20-21H,11H2,1H3. The molecule has 0 atom stereocenters. The Balaban J connectivity index is 1.87. The van der Waals surface area contributed by atoms with Crippen molar-refractivity contribution in [3.05, 3.63) is 81.3 Å². The average molecular weight is 486 g/mol. The van der Waals surface area contributed by atoms with Crippen LogP contribution in [0, 0.1) is 17.0 Å². The van der Waals surface area contributed by atoms with Gasteiger partial charge in [0.25, 0.3) is 15.7 Å². The van der Waals surface area contributed by atoms with E-state index in [1.165, 1.54) is 31.4 Å². The monoisotopic (exact) mass is 485 g/mol. The Labute approximate surface area is 183 Å². The van der Waals surface area contributed by atoms with E-state index in [0.29, 0.717) is 5.76 Å². The summed E-state index contributed by atoms with van der Waals surface area (Å²) in [6.45, 7) is 1.31. The molecule has 0 aliphatic heterocycles. The van der Waals surface area contributed by atoms with Crippen LogP contribution in [0.2, 0.25) is 5.02 Å². The molecule has 0 aliphatic carbocycles. The first-order valence-electron chi connectivity index (χ1n) is 8.59. The number of sulfonamides is 2. The highest BCUT2D eigenvalue weighted by Crippen LogP contribution is 2.30. The van der Waals surface area contributed by atoms with Gasteiger partial charge in [0.1, 0.15) is 5.76 Å². The molecular formula is C18H16ClN3O7S2. The molecule has 164 valence electrons. The van der Waals surface area contributed by atoms with Crippen LogP contribution in [0.4, 0.5) is 11.4 Å². The van der Waals surface area contributed by atoms with Gasteiger partial charge >= 0.3 is 0 Å². The summed E-state index contributed by atoms with van der Waals surface area (Å²) >= 11 is 5.94. The lowest BCUT2D eigenvalue weighted by Gasteiger charge is -2.11. The van der Waals surface area contributed by atoms with Crippen molar-refractivity contribution in [3.63, 3.8) is 0 Å². The molecule has 0 bridgehead atoms. The Morgan fingerprint density at radius 2 is 1.77 bits per heavy atom. The largest absolute Gasteiger partial charge is 0.468 e. The van der Waals surface area contributed by atoms with Gasteiger partial charge in [-0.2, -0.15) is 0 Å². The van der Waals surface area contributed by atoms with Crippen molar-refractivity contribution in [3.8, 4) is 0 Å². The van der Waals surface area contributed by atoms with Crippen LogP contribution in [-0.2, 0) is 26.6 Å². The summed E-state index contributed by atoms with van der Waals surface area (Å²) in [6, 6.07) is 10.3. The van der Waals surface area contributed by atoms with E-state index in [1.807, 2.05) is 0 Å². The molecule has 2 aromatic carbocycles. The van der Waals surface area contributed by atoms with Crippen molar-refractivity contribution in [2.24, 2.45) is 0 Å². The van der Waals surface area contributed by atoms with Crippen LogP contribution < -0.4 is 9.44 Å². The molecule has 1 heterocycles. The summed E-state index contributed by atoms with van der Waals surface area (Å²) in [5.74, 6) is 0.401. The second-order valence-corrected chi connectivity index (χ2v) is 10.2. The number of hydrogen-bond acceptors (Lipinski definition) is 7. The number of nitro groups is 1. The first kappa shape index (κ1) is 22.7. The lowest BCUT2D eigenvalue weighted by Crippen LogP contribution is -2.23. The van der Waals surface area contributed by atoms with E-state index in [4.69, 9.17) is 16.0 Å². The van der Waals surface area contributed by atoms with Crippen LogP contribution in [0.5, 0.6) is 0 Å². The minimum Gasteiger partial charge on any atom is -0.468 e. The van der Waals surface area contributed by atoms with Gasteiger partial charge in [0.05, 0.1) is 38.2 Å². The summed E-state index contributed by atoms with van der Waals surface area (Å²) in [5.41, 5.74) is -0.382. The molecule has 0 unspecified atom stereocenters. The quantitative estimate of drug-likeness (QED) is 0.366. The highest BCUT2D eigenvalue weighted by Gasteiger charge is 2.23. The zero-order valence-electron chi connectivity index (χ0n) is 15.9. The fourth-order valence-corrected chi connectivity index (χ4v) is 5.00. The SMILES string of the molecule is Cc1c(Cl)cc(S(=O)(=O)Nc2cccc(S(=O)(=O)NCc3ccco3)c2)cc1[N+](=O)[O-]. The Morgan fingerprint density at radius 3 is 2.42 bits per heavy atom. The maximum atomic E-state index is 12.7. The van der Waals surface area contributed by atoms with E-state index in [1.54, 1.807) is 12.1 Å². The summed E-state index contributed by atoms with van der Waals surface area (Å²) in [4.78, 5) is 9.81. The number of furan rings is 1. The maximum Gasteiger partial charge on any atom is 0.275 e. The molecule has 13 heteroatoms.